The first-order chi connectivity index (χ1) is 24.0. The summed E-state index contributed by atoms with van der Waals surface area (Å²) in [4.78, 5) is 36.0. The van der Waals surface area contributed by atoms with Crippen LogP contribution in [0.1, 0.15) is 239 Å². The number of hydrogen-bond donors (Lipinski definition) is 0. The summed E-state index contributed by atoms with van der Waals surface area (Å²) in [6.07, 6.45) is 41.2. The molecule has 0 bridgehead atoms. The summed E-state index contributed by atoms with van der Waals surface area (Å²) >= 11 is 0. The molecule has 0 aromatic heterocycles. The largest absolute Gasteiger partial charge is 0.462 e. The molecule has 0 radical (unpaired) electrons. The van der Waals surface area contributed by atoms with Crippen molar-refractivity contribution >= 4 is 17.9 Å². The molecule has 1 unspecified atom stereocenters. The molecule has 0 amide bonds. The van der Waals surface area contributed by atoms with Crippen LogP contribution in [0.2, 0.25) is 0 Å². The van der Waals surface area contributed by atoms with Crippen molar-refractivity contribution < 1.29 is 28.6 Å². The molecule has 6 nitrogen and oxygen atoms in total. The molecule has 6 heteroatoms. The number of carbonyl (C=O) groups is 3. The summed E-state index contributed by atoms with van der Waals surface area (Å²) in [5.74, 6) is -1.05. The summed E-state index contributed by atoms with van der Waals surface area (Å²) in [6, 6.07) is 0. The van der Waals surface area contributed by atoms with Crippen LogP contribution in [-0.4, -0.2) is 37.2 Å². The van der Waals surface area contributed by atoms with E-state index in [4.69, 9.17) is 14.2 Å². The second-order valence-corrected chi connectivity index (χ2v) is 14.7. The Labute approximate surface area is 304 Å². The Bertz CT molecular complexity index is 723. The summed E-state index contributed by atoms with van der Waals surface area (Å²) < 4.78 is 16.0. The Morgan fingerprint density at radius 3 is 0.939 bits per heavy atom. The molecule has 0 saturated carbocycles. The van der Waals surface area contributed by atoms with E-state index in [2.05, 4.69) is 13.8 Å². The number of rotatable bonds is 39. The Balaban J connectivity index is 3.76. The van der Waals surface area contributed by atoms with Crippen LogP contribution in [0.4, 0.5) is 0 Å². The molecule has 49 heavy (non-hydrogen) atoms. The third-order valence-corrected chi connectivity index (χ3v) is 9.67. The Hall–Kier alpha value is -1.59. The van der Waals surface area contributed by atoms with Gasteiger partial charge in [0.2, 0.25) is 0 Å². The third-order valence-electron chi connectivity index (χ3n) is 9.67. The number of ether oxygens (including phenoxy) is 3. The maximum absolute atomic E-state index is 12.4. The highest BCUT2D eigenvalue weighted by Crippen LogP contribution is 2.16. The smallest absolute Gasteiger partial charge is 0.306 e. The van der Waals surface area contributed by atoms with E-state index >= 15 is 0 Å². The van der Waals surface area contributed by atoms with Crippen molar-refractivity contribution in [1.29, 1.82) is 0 Å². The first-order valence-corrected chi connectivity index (χ1v) is 21.5. The number of esters is 3. The Morgan fingerprint density at radius 1 is 0.367 bits per heavy atom. The van der Waals surface area contributed by atoms with Crippen molar-refractivity contribution in [2.75, 3.05) is 13.2 Å². The van der Waals surface area contributed by atoms with Gasteiger partial charge in [0.15, 0.2) is 6.10 Å². The molecule has 0 fully saturated rings. The van der Waals surface area contributed by atoms with E-state index < -0.39 is 12.1 Å². The summed E-state index contributed by atoms with van der Waals surface area (Å²) in [5, 5.41) is 0. The quantitative estimate of drug-likeness (QED) is 0.0362. The zero-order valence-corrected chi connectivity index (χ0v) is 33.0. The number of carbonyl (C=O) groups excluding carboxylic acids is 3. The van der Waals surface area contributed by atoms with Gasteiger partial charge in [0, 0.05) is 19.8 Å². The van der Waals surface area contributed by atoms with Gasteiger partial charge in [-0.2, -0.15) is 0 Å². The zero-order valence-electron chi connectivity index (χ0n) is 33.0. The number of unbranched alkanes of at least 4 members (excludes halogenated alkanes) is 30. The van der Waals surface area contributed by atoms with E-state index in [1.807, 2.05) is 0 Å². The van der Waals surface area contributed by atoms with Crippen LogP contribution in [0.3, 0.4) is 0 Å². The molecule has 0 aromatic rings. The lowest BCUT2D eigenvalue weighted by Gasteiger charge is -2.18. The summed E-state index contributed by atoms with van der Waals surface area (Å²) in [7, 11) is 0. The van der Waals surface area contributed by atoms with Gasteiger partial charge < -0.3 is 14.2 Å². The first kappa shape index (κ1) is 47.4. The zero-order chi connectivity index (χ0) is 35.9. The van der Waals surface area contributed by atoms with Crippen LogP contribution >= 0.6 is 0 Å². The van der Waals surface area contributed by atoms with Crippen LogP contribution in [0, 0.1) is 0 Å². The highest BCUT2D eigenvalue weighted by Gasteiger charge is 2.18. The fraction of sp³-hybridized carbons (Fsp3) is 0.930. The van der Waals surface area contributed by atoms with Crippen molar-refractivity contribution in [2.45, 2.75) is 245 Å². The molecule has 0 rings (SSSR count). The topological polar surface area (TPSA) is 78.9 Å². The van der Waals surface area contributed by atoms with Gasteiger partial charge in [-0.15, -0.1) is 0 Å². The summed E-state index contributed by atoms with van der Waals surface area (Å²) in [5.41, 5.74) is 0. The maximum atomic E-state index is 12.4. The molecule has 0 heterocycles. The molecule has 0 N–H and O–H groups in total. The number of hydrogen-bond acceptors (Lipinski definition) is 6. The fourth-order valence-electron chi connectivity index (χ4n) is 6.46. The highest BCUT2D eigenvalue weighted by molar-refractivity contribution is 5.70. The fourth-order valence-corrected chi connectivity index (χ4v) is 6.46. The molecule has 0 aliphatic heterocycles. The van der Waals surface area contributed by atoms with E-state index in [-0.39, 0.29) is 25.2 Å². The van der Waals surface area contributed by atoms with Gasteiger partial charge in [-0.3, -0.25) is 14.4 Å². The minimum absolute atomic E-state index is 0.0737. The van der Waals surface area contributed by atoms with Crippen molar-refractivity contribution in [2.24, 2.45) is 0 Å². The van der Waals surface area contributed by atoms with Gasteiger partial charge >= 0.3 is 17.9 Å². The van der Waals surface area contributed by atoms with Crippen molar-refractivity contribution in [1.82, 2.24) is 0 Å². The molecule has 0 aliphatic carbocycles. The van der Waals surface area contributed by atoms with Crippen LogP contribution in [0.5, 0.6) is 0 Å². The lowest BCUT2D eigenvalue weighted by molar-refractivity contribution is -0.166. The normalized spacial score (nSPS) is 11.8. The molecule has 290 valence electrons. The lowest BCUT2D eigenvalue weighted by Crippen LogP contribution is -2.30. The second kappa shape index (κ2) is 39.2. The first-order valence-electron chi connectivity index (χ1n) is 21.5. The highest BCUT2D eigenvalue weighted by atomic mass is 16.6. The maximum Gasteiger partial charge on any atom is 0.306 e. The molecule has 1 atom stereocenters. The average molecular weight is 695 g/mol. The van der Waals surface area contributed by atoms with Crippen molar-refractivity contribution in [3.05, 3.63) is 0 Å². The minimum atomic E-state index is -0.757. The third kappa shape index (κ3) is 39.1. The van der Waals surface area contributed by atoms with E-state index in [0.717, 1.165) is 38.5 Å². The molecule has 0 saturated heterocycles. The molecular formula is C43H82O6. The van der Waals surface area contributed by atoms with Crippen LogP contribution in [0.15, 0.2) is 0 Å². The van der Waals surface area contributed by atoms with E-state index in [9.17, 15) is 14.4 Å². The average Bonchev–Trinajstić information content (AvgIpc) is 3.09. The van der Waals surface area contributed by atoms with Gasteiger partial charge in [-0.1, -0.05) is 206 Å². The van der Waals surface area contributed by atoms with Crippen LogP contribution in [0.25, 0.3) is 0 Å². The second-order valence-electron chi connectivity index (χ2n) is 14.7. The molecular weight excluding hydrogens is 612 g/mol. The van der Waals surface area contributed by atoms with Crippen LogP contribution < -0.4 is 0 Å². The lowest BCUT2D eigenvalue weighted by atomic mass is 10.0. The van der Waals surface area contributed by atoms with Crippen molar-refractivity contribution in [3.8, 4) is 0 Å². The van der Waals surface area contributed by atoms with Gasteiger partial charge in [-0.05, 0) is 12.8 Å². The van der Waals surface area contributed by atoms with E-state index in [1.165, 1.54) is 174 Å². The monoisotopic (exact) mass is 695 g/mol. The molecule has 0 aliphatic rings. The molecule has 0 spiro atoms. The standard InChI is InChI=1S/C43H82O6/c1-4-6-8-10-12-14-16-18-20-22-24-26-28-30-32-34-36-42(45)48-39-41(38-47-40(3)44)49-43(46)37-35-33-31-29-27-25-23-21-19-17-15-13-11-9-7-5-2/h41H,4-39H2,1-3H3. The van der Waals surface area contributed by atoms with E-state index in [0.29, 0.717) is 12.8 Å². The predicted octanol–water partition coefficient (Wildman–Crippen LogP) is 13.3. The van der Waals surface area contributed by atoms with Crippen molar-refractivity contribution in [3.63, 3.8) is 0 Å². The molecule has 0 aromatic carbocycles. The van der Waals surface area contributed by atoms with Gasteiger partial charge in [-0.25, -0.2) is 0 Å². The van der Waals surface area contributed by atoms with Crippen LogP contribution in [-0.2, 0) is 28.6 Å². The minimum Gasteiger partial charge on any atom is -0.462 e. The SMILES string of the molecule is CCCCCCCCCCCCCCCCCCC(=O)OCC(COC(C)=O)OC(=O)CCCCCCCCCCCCCCCCCC. The predicted molar refractivity (Wildman–Crippen MR) is 206 cm³/mol. The van der Waals surface area contributed by atoms with Gasteiger partial charge in [0.25, 0.3) is 0 Å². The summed E-state index contributed by atoms with van der Waals surface area (Å²) in [6.45, 7) is 5.70. The van der Waals surface area contributed by atoms with Gasteiger partial charge in [0.1, 0.15) is 13.2 Å². The van der Waals surface area contributed by atoms with E-state index in [1.54, 1.807) is 0 Å². The Morgan fingerprint density at radius 2 is 0.633 bits per heavy atom. The Kier molecular flexibility index (Phi) is 37.9. The van der Waals surface area contributed by atoms with Gasteiger partial charge in [0.05, 0.1) is 0 Å².